The number of nitrogens with zero attached hydrogens (tertiary/aromatic N) is 1. The molecule has 18 heavy (non-hydrogen) atoms. The predicted molar refractivity (Wildman–Crippen MR) is 76.4 cm³/mol. The third-order valence-electron chi connectivity index (χ3n) is 3.46. The second-order valence-corrected chi connectivity index (χ2v) is 5.22. The van der Waals surface area contributed by atoms with Gasteiger partial charge in [0.15, 0.2) is 0 Å². The standard InChI is InChI=1S/C15H30N2O/c1-5-8-9-14(6-2)12-18-11-10-15(4,13-16)17-7-3/h14,17H,5-12H2,1-4H3. The third kappa shape index (κ3) is 7.68. The Morgan fingerprint density at radius 1 is 1.33 bits per heavy atom. The molecule has 2 atom stereocenters. The minimum atomic E-state index is -0.445. The smallest absolute Gasteiger partial charge is 0.106 e. The first-order valence-electron chi connectivity index (χ1n) is 7.35. The molecule has 0 radical (unpaired) electrons. The topological polar surface area (TPSA) is 45.0 Å². The third-order valence-corrected chi connectivity index (χ3v) is 3.46. The molecule has 0 saturated carbocycles. The van der Waals surface area contributed by atoms with Crippen molar-refractivity contribution in [1.29, 1.82) is 5.26 Å². The van der Waals surface area contributed by atoms with Gasteiger partial charge in [0, 0.05) is 19.6 Å². The van der Waals surface area contributed by atoms with Crippen molar-refractivity contribution in [3.05, 3.63) is 0 Å². The highest BCUT2D eigenvalue weighted by atomic mass is 16.5. The van der Waals surface area contributed by atoms with Crippen molar-refractivity contribution in [2.24, 2.45) is 5.92 Å². The van der Waals surface area contributed by atoms with Gasteiger partial charge in [-0.25, -0.2) is 0 Å². The Labute approximate surface area is 113 Å². The molecular weight excluding hydrogens is 224 g/mol. The summed E-state index contributed by atoms with van der Waals surface area (Å²) < 4.78 is 5.74. The van der Waals surface area contributed by atoms with Crippen molar-refractivity contribution in [3.8, 4) is 6.07 Å². The maximum absolute atomic E-state index is 9.12. The minimum absolute atomic E-state index is 0.445. The summed E-state index contributed by atoms with van der Waals surface area (Å²) in [6.07, 6.45) is 5.73. The summed E-state index contributed by atoms with van der Waals surface area (Å²) in [4.78, 5) is 0. The molecule has 2 unspecified atom stereocenters. The highest BCUT2D eigenvalue weighted by Crippen LogP contribution is 2.14. The molecule has 0 aromatic rings. The Kier molecular flexibility index (Phi) is 10.0. The van der Waals surface area contributed by atoms with Crippen molar-refractivity contribution >= 4 is 0 Å². The quantitative estimate of drug-likeness (QED) is 0.574. The zero-order valence-corrected chi connectivity index (χ0v) is 12.6. The SMILES string of the molecule is CCCCC(CC)COCCC(C)(C#N)NCC. The number of hydrogen-bond acceptors (Lipinski definition) is 3. The summed E-state index contributed by atoms with van der Waals surface area (Å²) in [6.45, 7) is 10.7. The molecule has 3 nitrogen and oxygen atoms in total. The molecule has 0 fully saturated rings. The molecule has 0 aliphatic carbocycles. The summed E-state index contributed by atoms with van der Waals surface area (Å²) in [5.74, 6) is 0.678. The molecule has 0 bridgehead atoms. The van der Waals surface area contributed by atoms with E-state index in [4.69, 9.17) is 10.00 Å². The zero-order chi connectivity index (χ0) is 13.9. The highest BCUT2D eigenvalue weighted by Gasteiger charge is 2.21. The molecule has 0 aliphatic rings. The molecular formula is C15H30N2O. The van der Waals surface area contributed by atoms with E-state index in [2.05, 4.69) is 25.2 Å². The lowest BCUT2D eigenvalue weighted by Gasteiger charge is -2.23. The molecule has 0 spiro atoms. The van der Waals surface area contributed by atoms with Gasteiger partial charge < -0.3 is 4.74 Å². The van der Waals surface area contributed by atoms with E-state index in [0.717, 1.165) is 19.6 Å². The van der Waals surface area contributed by atoms with E-state index in [1.807, 2.05) is 13.8 Å². The number of hydrogen-bond donors (Lipinski definition) is 1. The van der Waals surface area contributed by atoms with Crippen LogP contribution in [0.2, 0.25) is 0 Å². The Hall–Kier alpha value is -0.590. The molecule has 0 heterocycles. The molecule has 1 N–H and O–H groups in total. The lowest BCUT2D eigenvalue weighted by molar-refractivity contribution is 0.0827. The van der Waals surface area contributed by atoms with Crippen LogP contribution in [0.4, 0.5) is 0 Å². The second kappa shape index (κ2) is 10.3. The van der Waals surface area contributed by atoms with E-state index >= 15 is 0 Å². The summed E-state index contributed by atoms with van der Waals surface area (Å²) in [7, 11) is 0. The first-order chi connectivity index (χ1) is 8.61. The van der Waals surface area contributed by atoms with Crippen molar-refractivity contribution in [2.45, 2.75) is 65.3 Å². The molecule has 106 valence electrons. The van der Waals surface area contributed by atoms with E-state index in [9.17, 15) is 0 Å². The van der Waals surface area contributed by atoms with Gasteiger partial charge in [-0.3, -0.25) is 5.32 Å². The lowest BCUT2D eigenvalue weighted by Crippen LogP contribution is -2.41. The first-order valence-corrected chi connectivity index (χ1v) is 7.35. The fraction of sp³-hybridized carbons (Fsp3) is 0.933. The monoisotopic (exact) mass is 254 g/mol. The van der Waals surface area contributed by atoms with Gasteiger partial charge in [-0.15, -0.1) is 0 Å². The maximum Gasteiger partial charge on any atom is 0.106 e. The van der Waals surface area contributed by atoms with Crippen LogP contribution in [0.15, 0.2) is 0 Å². The summed E-state index contributed by atoms with van der Waals surface area (Å²) in [5, 5.41) is 12.3. The van der Waals surface area contributed by atoms with Crippen LogP contribution in [-0.2, 0) is 4.74 Å². The van der Waals surface area contributed by atoms with Crippen LogP contribution in [0.1, 0.15) is 59.8 Å². The average molecular weight is 254 g/mol. The molecule has 0 rings (SSSR count). The van der Waals surface area contributed by atoms with Crippen LogP contribution in [0.3, 0.4) is 0 Å². The second-order valence-electron chi connectivity index (χ2n) is 5.22. The highest BCUT2D eigenvalue weighted by molar-refractivity contribution is 5.03. The fourth-order valence-electron chi connectivity index (χ4n) is 2.00. The Bertz CT molecular complexity index is 237. The normalized spacial score (nSPS) is 15.9. The molecule has 0 aromatic carbocycles. The van der Waals surface area contributed by atoms with Crippen LogP contribution < -0.4 is 5.32 Å². The van der Waals surface area contributed by atoms with Crippen LogP contribution in [-0.4, -0.2) is 25.3 Å². The van der Waals surface area contributed by atoms with Crippen LogP contribution in [0.5, 0.6) is 0 Å². The molecule has 0 aliphatic heterocycles. The van der Waals surface area contributed by atoms with Gasteiger partial charge in [0.1, 0.15) is 5.54 Å². The first kappa shape index (κ1) is 17.4. The number of rotatable bonds is 11. The number of nitriles is 1. The molecule has 0 amide bonds. The Morgan fingerprint density at radius 3 is 2.56 bits per heavy atom. The van der Waals surface area contributed by atoms with Gasteiger partial charge in [0.2, 0.25) is 0 Å². The largest absolute Gasteiger partial charge is 0.381 e. The van der Waals surface area contributed by atoms with Gasteiger partial charge in [-0.2, -0.15) is 5.26 Å². The number of ether oxygens (including phenoxy) is 1. The van der Waals surface area contributed by atoms with Gasteiger partial charge in [-0.1, -0.05) is 40.0 Å². The average Bonchev–Trinajstić information content (AvgIpc) is 2.38. The van der Waals surface area contributed by atoms with Crippen molar-refractivity contribution < 1.29 is 4.74 Å². The van der Waals surface area contributed by atoms with Crippen LogP contribution >= 0.6 is 0 Å². The molecule has 0 aromatic heterocycles. The van der Waals surface area contributed by atoms with E-state index < -0.39 is 5.54 Å². The number of unbranched alkanes of at least 4 members (excludes halogenated alkanes) is 1. The zero-order valence-electron chi connectivity index (χ0n) is 12.6. The molecule has 0 saturated heterocycles. The maximum atomic E-state index is 9.12. The van der Waals surface area contributed by atoms with E-state index in [-0.39, 0.29) is 0 Å². The molecule has 3 heteroatoms. The van der Waals surface area contributed by atoms with Crippen LogP contribution in [0, 0.1) is 17.2 Å². The lowest BCUT2D eigenvalue weighted by atomic mass is 9.99. The Balaban J connectivity index is 3.79. The van der Waals surface area contributed by atoms with Gasteiger partial charge in [0.25, 0.3) is 0 Å². The number of nitrogens with one attached hydrogen (secondary N) is 1. The van der Waals surface area contributed by atoms with Gasteiger partial charge in [-0.05, 0) is 25.8 Å². The van der Waals surface area contributed by atoms with E-state index in [1.54, 1.807) is 0 Å². The summed E-state index contributed by atoms with van der Waals surface area (Å²) >= 11 is 0. The fourth-order valence-corrected chi connectivity index (χ4v) is 2.00. The van der Waals surface area contributed by atoms with Crippen molar-refractivity contribution in [3.63, 3.8) is 0 Å². The summed E-state index contributed by atoms with van der Waals surface area (Å²) in [6, 6.07) is 2.32. The van der Waals surface area contributed by atoms with Crippen LogP contribution in [0.25, 0.3) is 0 Å². The predicted octanol–water partition coefficient (Wildman–Crippen LogP) is 3.50. The van der Waals surface area contributed by atoms with Gasteiger partial charge in [0.05, 0.1) is 6.07 Å². The van der Waals surface area contributed by atoms with E-state index in [0.29, 0.717) is 12.5 Å². The van der Waals surface area contributed by atoms with Crippen molar-refractivity contribution in [2.75, 3.05) is 19.8 Å². The van der Waals surface area contributed by atoms with Gasteiger partial charge >= 0.3 is 0 Å². The van der Waals surface area contributed by atoms with E-state index in [1.165, 1.54) is 25.7 Å². The van der Waals surface area contributed by atoms with Crippen molar-refractivity contribution in [1.82, 2.24) is 5.32 Å². The minimum Gasteiger partial charge on any atom is -0.381 e. The Morgan fingerprint density at radius 2 is 2.06 bits per heavy atom. The summed E-state index contributed by atoms with van der Waals surface area (Å²) in [5.41, 5.74) is -0.445.